The lowest BCUT2D eigenvalue weighted by atomic mass is 9.44. The molecule has 2 heteroatoms. The molecule has 9 atom stereocenters. The Kier molecular flexibility index (Phi) is 5.82. The number of hydrogen-bond acceptors (Lipinski definition) is 2. The lowest BCUT2D eigenvalue weighted by Crippen LogP contribution is -2.59. The van der Waals surface area contributed by atoms with Crippen LogP contribution in [-0.2, 0) is 4.79 Å². The number of aliphatic hydroxyl groups is 1. The molecule has 0 amide bonds. The average molecular weight is 401 g/mol. The zero-order chi connectivity index (χ0) is 21.0. The van der Waals surface area contributed by atoms with E-state index in [2.05, 4.69) is 40.7 Å². The lowest BCUT2D eigenvalue weighted by Gasteiger charge is -2.60. The summed E-state index contributed by atoms with van der Waals surface area (Å²) in [5.74, 6) is 4.37. The van der Waals surface area contributed by atoms with Crippen molar-refractivity contribution in [3.63, 3.8) is 0 Å². The van der Waals surface area contributed by atoms with Crippen molar-refractivity contribution in [1.82, 2.24) is 0 Å². The molecule has 0 aromatic carbocycles. The smallest absolute Gasteiger partial charge is 0.161 e. The molecule has 3 saturated carbocycles. The molecule has 164 valence electrons. The van der Waals surface area contributed by atoms with Crippen molar-refractivity contribution < 1.29 is 9.90 Å². The highest BCUT2D eigenvalue weighted by Gasteiger charge is 2.63. The summed E-state index contributed by atoms with van der Waals surface area (Å²) >= 11 is 0. The number of hydrogen-bond donors (Lipinski definition) is 1. The van der Waals surface area contributed by atoms with Crippen LogP contribution in [0, 0.1) is 52.3 Å². The van der Waals surface area contributed by atoms with Gasteiger partial charge in [-0.2, -0.15) is 0 Å². The van der Waals surface area contributed by atoms with Gasteiger partial charge in [-0.05, 0) is 91.4 Å². The van der Waals surface area contributed by atoms with Gasteiger partial charge in [0, 0.05) is 5.41 Å². The number of carbonyl (C=O) groups excluding carboxylic acids is 1. The molecule has 1 N–H and O–H groups in total. The van der Waals surface area contributed by atoms with Crippen molar-refractivity contribution in [2.75, 3.05) is 0 Å². The number of ketones is 1. The molecular weight excluding hydrogens is 356 g/mol. The number of carbonyl (C=O) groups is 1. The van der Waals surface area contributed by atoms with Crippen molar-refractivity contribution in [3.8, 4) is 0 Å². The minimum Gasteiger partial charge on any atom is -0.393 e. The standard InChI is InChI=1S/C27H44O2/c1-17(2)8-6-9-18(3)20-12-13-21-25-22(14-15-26(20,21)4)27(5)19(16-23(25)28)10-7-11-24(27)29/h7,11,17-23,25,28H,6,8-10,12-16H2,1-5H3/t18-,19?,20-,21+,22+,23-,25+,26-,27+/m1/s1. The van der Waals surface area contributed by atoms with E-state index in [0.29, 0.717) is 34.9 Å². The Morgan fingerprint density at radius 1 is 1.10 bits per heavy atom. The van der Waals surface area contributed by atoms with E-state index in [-0.39, 0.29) is 11.5 Å². The fraction of sp³-hybridized carbons (Fsp3) is 0.889. The quantitative estimate of drug-likeness (QED) is 0.578. The predicted molar refractivity (Wildman–Crippen MR) is 119 cm³/mol. The van der Waals surface area contributed by atoms with E-state index >= 15 is 0 Å². The van der Waals surface area contributed by atoms with Gasteiger partial charge in [-0.15, -0.1) is 0 Å². The highest BCUT2D eigenvalue weighted by atomic mass is 16.3. The molecule has 3 fully saturated rings. The highest BCUT2D eigenvalue weighted by Crippen LogP contribution is 2.67. The Balaban J connectivity index is 1.55. The van der Waals surface area contributed by atoms with E-state index in [9.17, 15) is 9.90 Å². The van der Waals surface area contributed by atoms with Gasteiger partial charge in [0.05, 0.1) is 6.10 Å². The maximum absolute atomic E-state index is 13.1. The van der Waals surface area contributed by atoms with Gasteiger partial charge in [0.15, 0.2) is 5.78 Å². The van der Waals surface area contributed by atoms with Crippen molar-refractivity contribution in [2.24, 2.45) is 52.3 Å². The third-order valence-electron chi connectivity index (χ3n) is 10.3. The summed E-state index contributed by atoms with van der Waals surface area (Å²) in [4.78, 5) is 13.1. The van der Waals surface area contributed by atoms with Crippen LogP contribution in [0.3, 0.4) is 0 Å². The summed E-state index contributed by atoms with van der Waals surface area (Å²) in [5, 5.41) is 11.3. The van der Waals surface area contributed by atoms with Gasteiger partial charge in [-0.3, -0.25) is 4.79 Å². The molecular formula is C27H44O2. The molecule has 0 bridgehead atoms. The Morgan fingerprint density at radius 3 is 2.59 bits per heavy atom. The molecule has 0 heterocycles. The van der Waals surface area contributed by atoms with Crippen LogP contribution in [0.25, 0.3) is 0 Å². The SMILES string of the molecule is CC(C)CCC[C@@H](C)[C@H]1CC[C@H]2[C@@H]3[C@H](O)CC4CC=CC(=O)[C@]4(C)[C@H]3CC[C@]12C. The Morgan fingerprint density at radius 2 is 1.86 bits per heavy atom. The van der Waals surface area contributed by atoms with Gasteiger partial charge < -0.3 is 5.11 Å². The highest BCUT2D eigenvalue weighted by molar-refractivity contribution is 5.96. The van der Waals surface area contributed by atoms with Crippen LogP contribution >= 0.6 is 0 Å². The minimum atomic E-state index is -0.235. The molecule has 0 aliphatic heterocycles. The Hall–Kier alpha value is -0.630. The number of rotatable bonds is 5. The predicted octanol–water partition coefficient (Wildman–Crippen LogP) is 6.42. The van der Waals surface area contributed by atoms with Crippen molar-refractivity contribution in [2.45, 2.75) is 98.5 Å². The van der Waals surface area contributed by atoms with E-state index < -0.39 is 0 Å². The third kappa shape index (κ3) is 3.36. The third-order valence-corrected chi connectivity index (χ3v) is 10.3. The van der Waals surface area contributed by atoms with Crippen LogP contribution in [0.1, 0.15) is 92.4 Å². The molecule has 4 aliphatic carbocycles. The maximum Gasteiger partial charge on any atom is 0.161 e. The average Bonchev–Trinajstić information content (AvgIpc) is 3.01. The van der Waals surface area contributed by atoms with E-state index in [1.807, 2.05) is 6.08 Å². The van der Waals surface area contributed by atoms with Gasteiger partial charge in [0.1, 0.15) is 0 Å². The van der Waals surface area contributed by atoms with E-state index in [1.165, 1.54) is 38.5 Å². The molecule has 2 nitrogen and oxygen atoms in total. The summed E-state index contributed by atoms with van der Waals surface area (Å²) in [5.41, 5.74) is 0.122. The van der Waals surface area contributed by atoms with Gasteiger partial charge in [0.2, 0.25) is 0 Å². The zero-order valence-corrected chi connectivity index (χ0v) is 19.5. The fourth-order valence-corrected chi connectivity index (χ4v) is 8.70. The van der Waals surface area contributed by atoms with Crippen LogP contribution in [0.4, 0.5) is 0 Å². The molecule has 0 aromatic rings. The second kappa shape index (κ2) is 7.81. The summed E-state index contributed by atoms with van der Waals surface area (Å²) in [6, 6.07) is 0. The number of aliphatic hydroxyl groups excluding tert-OH is 1. The lowest BCUT2D eigenvalue weighted by molar-refractivity contribution is -0.167. The monoisotopic (exact) mass is 400 g/mol. The van der Waals surface area contributed by atoms with Crippen LogP contribution in [0.15, 0.2) is 12.2 Å². The number of fused-ring (bicyclic) bond motifs is 5. The second-order valence-electron chi connectivity index (χ2n) is 12.1. The van der Waals surface area contributed by atoms with E-state index in [1.54, 1.807) is 0 Å². The first-order chi connectivity index (χ1) is 13.7. The van der Waals surface area contributed by atoms with Crippen LogP contribution in [-0.4, -0.2) is 17.0 Å². The van der Waals surface area contributed by atoms with Gasteiger partial charge in [-0.25, -0.2) is 0 Å². The first-order valence-corrected chi connectivity index (χ1v) is 12.6. The van der Waals surface area contributed by atoms with Crippen molar-refractivity contribution in [1.29, 1.82) is 0 Å². The molecule has 0 saturated heterocycles. The van der Waals surface area contributed by atoms with Gasteiger partial charge >= 0.3 is 0 Å². The molecule has 0 aromatic heterocycles. The summed E-state index contributed by atoms with van der Waals surface area (Å²) in [6.45, 7) is 12.0. The minimum absolute atomic E-state index is 0.211. The fourth-order valence-electron chi connectivity index (χ4n) is 8.70. The zero-order valence-electron chi connectivity index (χ0n) is 19.5. The topological polar surface area (TPSA) is 37.3 Å². The summed E-state index contributed by atoms with van der Waals surface area (Å²) in [6.07, 6.45) is 14.5. The molecule has 29 heavy (non-hydrogen) atoms. The largest absolute Gasteiger partial charge is 0.393 e. The normalized spacial score (nSPS) is 47.6. The first-order valence-electron chi connectivity index (χ1n) is 12.6. The van der Waals surface area contributed by atoms with Crippen LogP contribution in [0.2, 0.25) is 0 Å². The summed E-state index contributed by atoms with van der Waals surface area (Å²) in [7, 11) is 0. The molecule has 0 spiro atoms. The molecule has 0 radical (unpaired) electrons. The first kappa shape index (κ1) is 21.6. The summed E-state index contributed by atoms with van der Waals surface area (Å²) < 4.78 is 0. The maximum atomic E-state index is 13.1. The van der Waals surface area contributed by atoms with Crippen LogP contribution < -0.4 is 0 Å². The van der Waals surface area contributed by atoms with Crippen molar-refractivity contribution in [3.05, 3.63) is 12.2 Å². The Labute approximate surface area is 178 Å². The van der Waals surface area contributed by atoms with Gasteiger partial charge in [-0.1, -0.05) is 60.0 Å². The molecule has 1 unspecified atom stereocenters. The van der Waals surface area contributed by atoms with Gasteiger partial charge in [0.25, 0.3) is 0 Å². The Bertz CT molecular complexity index is 651. The molecule has 4 aliphatic rings. The van der Waals surface area contributed by atoms with Crippen molar-refractivity contribution >= 4 is 5.78 Å². The number of allylic oxidation sites excluding steroid dienone is 2. The van der Waals surface area contributed by atoms with E-state index in [4.69, 9.17) is 0 Å². The van der Waals surface area contributed by atoms with Crippen LogP contribution in [0.5, 0.6) is 0 Å². The second-order valence-corrected chi connectivity index (χ2v) is 12.1. The molecule has 4 rings (SSSR count). The van der Waals surface area contributed by atoms with E-state index in [0.717, 1.165) is 37.0 Å².